The molecule has 0 aliphatic heterocycles. The molecule has 1 aliphatic rings. The highest BCUT2D eigenvalue weighted by atomic mass is 35.5. The number of nitrogens with two attached hydrogens (primary N) is 1. The quantitative estimate of drug-likeness (QED) is 0.913. The predicted octanol–water partition coefficient (Wildman–Crippen LogP) is 3.71. The molecule has 0 amide bonds. The first-order valence-corrected chi connectivity index (χ1v) is 9.24. The minimum atomic E-state index is -3.43. The number of benzene rings is 2. The molecule has 2 N–H and O–H groups in total. The number of halogens is 1. The van der Waals surface area contributed by atoms with E-state index in [9.17, 15) is 8.42 Å². The maximum Gasteiger partial charge on any atom is 0.206 e. The van der Waals surface area contributed by atoms with Crippen LogP contribution < -0.4 is 5.73 Å². The SMILES string of the molecule is Cl.NCCC1CCCc2cc(S(=O)(=O)c3ccccc3)ccc21. The lowest BCUT2D eigenvalue weighted by molar-refractivity contribution is 0.524. The Bertz CT molecular complexity index is 760. The first kappa shape index (κ1) is 18.0. The molecule has 3 nitrogen and oxygen atoms in total. The van der Waals surface area contributed by atoms with Gasteiger partial charge in [-0.25, -0.2) is 8.42 Å². The number of aryl methyl sites for hydroxylation is 1. The summed E-state index contributed by atoms with van der Waals surface area (Å²) in [6.45, 7) is 0.675. The van der Waals surface area contributed by atoms with Crippen LogP contribution >= 0.6 is 12.4 Å². The third kappa shape index (κ3) is 3.60. The fourth-order valence-corrected chi connectivity index (χ4v) is 4.63. The molecule has 1 atom stereocenters. The number of sulfone groups is 1. The van der Waals surface area contributed by atoms with Crippen molar-refractivity contribution in [2.75, 3.05) is 6.54 Å². The van der Waals surface area contributed by atoms with Gasteiger partial charge in [-0.05, 0) is 73.5 Å². The van der Waals surface area contributed by atoms with Gasteiger partial charge in [-0.2, -0.15) is 0 Å². The predicted molar refractivity (Wildman–Crippen MR) is 94.9 cm³/mol. The zero-order valence-electron chi connectivity index (χ0n) is 12.9. The van der Waals surface area contributed by atoms with Crippen molar-refractivity contribution in [1.29, 1.82) is 0 Å². The molecule has 124 valence electrons. The minimum absolute atomic E-state index is 0. The van der Waals surface area contributed by atoms with E-state index < -0.39 is 9.84 Å². The Labute approximate surface area is 144 Å². The van der Waals surface area contributed by atoms with Gasteiger partial charge < -0.3 is 5.73 Å². The van der Waals surface area contributed by atoms with Crippen LogP contribution in [0.25, 0.3) is 0 Å². The van der Waals surface area contributed by atoms with Crippen molar-refractivity contribution in [2.24, 2.45) is 5.73 Å². The van der Waals surface area contributed by atoms with Gasteiger partial charge in [0.2, 0.25) is 9.84 Å². The van der Waals surface area contributed by atoms with Crippen molar-refractivity contribution in [3.05, 3.63) is 59.7 Å². The van der Waals surface area contributed by atoms with Crippen molar-refractivity contribution in [3.8, 4) is 0 Å². The lowest BCUT2D eigenvalue weighted by Crippen LogP contribution is -2.14. The topological polar surface area (TPSA) is 60.2 Å². The van der Waals surface area contributed by atoms with Crippen molar-refractivity contribution < 1.29 is 8.42 Å². The van der Waals surface area contributed by atoms with Crippen molar-refractivity contribution in [1.82, 2.24) is 0 Å². The van der Waals surface area contributed by atoms with Crippen LogP contribution in [-0.2, 0) is 16.3 Å². The van der Waals surface area contributed by atoms with E-state index in [0.717, 1.165) is 25.7 Å². The summed E-state index contributed by atoms with van der Waals surface area (Å²) in [4.78, 5) is 0.745. The Kier molecular flexibility index (Phi) is 5.84. The molecule has 5 heteroatoms. The molecule has 0 spiro atoms. The van der Waals surface area contributed by atoms with Gasteiger partial charge in [-0.1, -0.05) is 24.3 Å². The molecule has 0 radical (unpaired) electrons. The molecule has 2 aromatic rings. The van der Waals surface area contributed by atoms with Gasteiger partial charge >= 0.3 is 0 Å². The van der Waals surface area contributed by atoms with Crippen LogP contribution in [0.1, 0.15) is 36.3 Å². The Hall–Kier alpha value is -1.36. The summed E-state index contributed by atoms with van der Waals surface area (Å²) in [5.41, 5.74) is 8.15. The standard InChI is InChI=1S/C18H21NO2S.ClH/c19-12-11-14-5-4-6-15-13-17(9-10-18(14)15)22(20,21)16-7-2-1-3-8-16;/h1-3,7-10,13-14H,4-6,11-12,19H2;1H. The Morgan fingerprint density at radius 3 is 2.48 bits per heavy atom. The van der Waals surface area contributed by atoms with E-state index in [1.807, 2.05) is 18.2 Å². The van der Waals surface area contributed by atoms with Gasteiger partial charge in [0, 0.05) is 0 Å². The third-order valence-corrected chi connectivity index (χ3v) is 6.20. The van der Waals surface area contributed by atoms with E-state index in [2.05, 4.69) is 0 Å². The van der Waals surface area contributed by atoms with Crippen LogP contribution in [0.2, 0.25) is 0 Å². The van der Waals surface area contributed by atoms with Gasteiger partial charge in [-0.3, -0.25) is 0 Å². The molecule has 3 rings (SSSR count). The number of fused-ring (bicyclic) bond motifs is 1. The van der Waals surface area contributed by atoms with Crippen LogP contribution in [0.5, 0.6) is 0 Å². The summed E-state index contributed by atoms with van der Waals surface area (Å²) >= 11 is 0. The second kappa shape index (κ2) is 7.47. The van der Waals surface area contributed by atoms with Crippen LogP contribution in [-0.4, -0.2) is 15.0 Å². The minimum Gasteiger partial charge on any atom is -0.330 e. The normalized spacial score (nSPS) is 17.2. The molecule has 0 aromatic heterocycles. The number of rotatable bonds is 4. The molecule has 0 heterocycles. The third-order valence-electron chi connectivity index (χ3n) is 4.43. The lowest BCUT2D eigenvalue weighted by Gasteiger charge is -2.25. The van der Waals surface area contributed by atoms with E-state index in [1.165, 1.54) is 11.1 Å². The summed E-state index contributed by atoms with van der Waals surface area (Å²) in [7, 11) is -3.43. The van der Waals surface area contributed by atoms with E-state index in [1.54, 1.807) is 30.3 Å². The molecule has 23 heavy (non-hydrogen) atoms. The highest BCUT2D eigenvalue weighted by Crippen LogP contribution is 2.35. The van der Waals surface area contributed by atoms with Crippen LogP contribution in [0.3, 0.4) is 0 Å². The maximum absolute atomic E-state index is 12.7. The maximum atomic E-state index is 12.7. The number of hydrogen-bond acceptors (Lipinski definition) is 3. The monoisotopic (exact) mass is 351 g/mol. The lowest BCUT2D eigenvalue weighted by atomic mass is 9.81. The van der Waals surface area contributed by atoms with Crippen LogP contribution in [0, 0.1) is 0 Å². The summed E-state index contributed by atoms with van der Waals surface area (Å²) in [6, 6.07) is 14.2. The summed E-state index contributed by atoms with van der Waals surface area (Å²) in [6.07, 6.45) is 4.17. The van der Waals surface area contributed by atoms with E-state index >= 15 is 0 Å². The van der Waals surface area contributed by atoms with Crippen molar-refractivity contribution in [3.63, 3.8) is 0 Å². The first-order valence-electron chi connectivity index (χ1n) is 7.76. The average Bonchev–Trinajstić information content (AvgIpc) is 2.56. The van der Waals surface area contributed by atoms with Crippen molar-refractivity contribution >= 4 is 22.2 Å². The highest BCUT2D eigenvalue weighted by Gasteiger charge is 2.23. The number of hydrogen-bond donors (Lipinski definition) is 1. The van der Waals surface area contributed by atoms with Gasteiger partial charge in [0.25, 0.3) is 0 Å². The first-order chi connectivity index (χ1) is 10.6. The second-order valence-electron chi connectivity index (χ2n) is 5.84. The van der Waals surface area contributed by atoms with Crippen molar-refractivity contribution in [2.45, 2.75) is 41.4 Å². The smallest absolute Gasteiger partial charge is 0.206 e. The molecular formula is C18H22ClNO2S. The average molecular weight is 352 g/mol. The Morgan fingerprint density at radius 1 is 1.04 bits per heavy atom. The molecule has 0 bridgehead atoms. The van der Waals surface area contributed by atoms with Gasteiger partial charge in [0.05, 0.1) is 9.79 Å². The largest absolute Gasteiger partial charge is 0.330 e. The molecule has 1 unspecified atom stereocenters. The summed E-state index contributed by atoms with van der Waals surface area (Å²) in [5, 5.41) is 0. The molecule has 0 saturated carbocycles. The molecule has 2 aromatic carbocycles. The fraction of sp³-hybridized carbons (Fsp3) is 0.333. The highest BCUT2D eigenvalue weighted by molar-refractivity contribution is 7.91. The summed E-state index contributed by atoms with van der Waals surface area (Å²) < 4.78 is 25.4. The van der Waals surface area contributed by atoms with Gasteiger partial charge in [0.15, 0.2) is 0 Å². The molecule has 1 aliphatic carbocycles. The molecular weight excluding hydrogens is 330 g/mol. The van der Waals surface area contributed by atoms with E-state index in [4.69, 9.17) is 5.73 Å². The second-order valence-corrected chi connectivity index (χ2v) is 7.79. The Morgan fingerprint density at radius 2 is 1.78 bits per heavy atom. The molecule has 0 saturated heterocycles. The fourth-order valence-electron chi connectivity index (χ4n) is 3.30. The van der Waals surface area contributed by atoms with Gasteiger partial charge in [0.1, 0.15) is 0 Å². The van der Waals surface area contributed by atoms with E-state index in [-0.39, 0.29) is 12.4 Å². The van der Waals surface area contributed by atoms with Crippen LogP contribution in [0.15, 0.2) is 58.3 Å². The summed E-state index contributed by atoms with van der Waals surface area (Å²) in [5.74, 6) is 0.474. The van der Waals surface area contributed by atoms with Gasteiger partial charge in [-0.15, -0.1) is 12.4 Å². The Balaban J connectivity index is 0.00000192. The zero-order chi connectivity index (χ0) is 15.6. The van der Waals surface area contributed by atoms with Crippen LogP contribution in [0.4, 0.5) is 0 Å². The zero-order valence-corrected chi connectivity index (χ0v) is 14.6. The van der Waals surface area contributed by atoms with E-state index in [0.29, 0.717) is 22.3 Å². The molecule has 0 fully saturated rings.